The maximum Gasteiger partial charge on any atom is 0.143 e. The lowest BCUT2D eigenvalue weighted by atomic mass is 9.86. The second-order valence-electron chi connectivity index (χ2n) is 11.2. The molecule has 1 heteroatoms. The van der Waals surface area contributed by atoms with Crippen LogP contribution in [0.1, 0.15) is 17.5 Å². The first-order chi connectivity index (χ1) is 20.3. The predicted molar refractivity (Wildman–Crippen MR) is 174 cm³/mol. The summed E-state index contributed by atoms with van der Waals surface area (Å²) >= 11 is 0. The summed E-state index contributed by atoms with van der Waals surface area (Å²) in [5.74, 6) is 0. The molecule has 0 spiro atoms. The van der Waals surface area contributed by atoms with Crippen molar-refractivity contribution in [3.05, 3.63) is 139 Å². The highest BCUT2D eigenvalue weighted by atomic mass is 16.3. The molecular formula is C40H26O. The summed E-state index contributed by atoms with van der Waals surface area (Å²) in [5, 5.41) is 9.95. The van der Waals surface area contributed by atoms with Gasteiger partial charge in [-0.15, -0.1) is 0 Å². The molecule has 0 N–H and O–H groups in total. The van der Waals surface area contributed by atoms with E-state index in [1.807, 2.05) is 6.07 Å². The average molecular weight is 523 g/mol. The van der Waals surface area contributed by atoms with Gasteiger partial charge in [0.25, 0.3) is 0 Å². The van der Waals surface area contributed by atoms with Gasteiger partial charge in [0.2, 0.25) is 0 Å². The number of hydrogen-bond acceptors (Lipinski definition) is 1. The van der Waals surface area contributed by atoms with Crippen molar-refractivity contribution in [3.63, 3.8) is 0 Å². The van der Waals surface area contributed by atoms with Crippen LogP contribution in [0, 0.1) is 0 Å². The second-order valence-corrected chi connectivity index (χ2v) is 11.2. The molecule has 0 saturated carbocycles. The lowest BCUT2D eigenvalue weighted by Crippen LogP contribution is -1.95. The van der Waals surface area contributed by atoms with Gasteiger partial charge in [-0.3, -0.25) is 0 Å². The highest BCUT2D eigenvalue weighted by Crippen LogP contribution is 2.44. The van der Waals surface area contributed by atoms with Gasteiger partial charge < -0.3 is 4.42 Å². The van der Waals surface area contributed by atoms with Gasteiger partial charge >= 0.3 is 0 Å². The molecule has 1 aromatic heterocycles. The zero-order valence-corrected chi connectivity index (χ0v) is 22.5. The minimum absolute atomic E-state index is 0.926. The van der Waals surface area contributed by atoms with Crippen LogP contribution in [0.5, 0.6) is 0 Å². The minimum Gasteiger partial charge on any atom is -0.455 e. The maximum absolute atomic E-state index is 6.51. The fraction of sp³-hybridized carbons (Fsp3) is 0.0500. The summed E-state index contributed by atoms with van der Waals surface area (Å²) in [6.07, 6.45) is 6.82. The number of allylic oxidation sites excluding steroid dienone is 1. The van der Waals surface area contributed by atoms with E-state index in [1.54, 1.807) is 0 Å². The highest BCUT2D eigenvalue weighted by Gasteiger charge is 2.18. The van der Waals surface area contributed by atoms with Crippen molar-refractivity contribution in [1.29, 1.82) is 0 Å². The molecule has 0 aliphatic heterocycles. The Labute approximate surface area is 238 Å². The molecule has 0 unspecified atom stereocenters. The van der Waals surface area contributed by atoms with E-state index in [1.165, 1.54) is 60.1 Å². The molecule has 0 radical (unpaired) electrons. The van der Waals surface area contributed by atoms with Crippen LogP contribution in [-0.4, -0.2) is 0 Å². The van der Waals surface area contributed by atoms with Crippen LogP contribution >= 0.6 is 0 Å². The zero-order chi connectivity index (χ0) is 26.9. The Hall–Kier alpha value is -5.14. The monoisotopic (exact) mass is 522 g/mol. The third-order valence-corrected chi connectivity index (χ3v) is 8.89. The fourth-order valence-electron chi connectivity index (χ4n) is 7.00. The van der Waals surface area contributed by atoms with Crippen molar-refractivity contribution in [3.8, 4) is 22.3 Å². The Kier molecular flexibility index (Phi) is 4.80. The molecule has 9 rings (SSSR count). The van der Waals surface area contributed by atoms with Gasteiger partial charge in [0.05, 0.1) is 0 Å². The molecule has 0 bridgehead atoms. The largest absolute Gasteiger partial charge is 0.455 e. The third-order valence-electron chi connectivity index (χ3n) is 8.89. The number of aryl methyl sites for hydroxylation is 1. The molecule has 1 aliphatic rings. The first-order valence-electron chi connectivity index (χ1n) is 14.4. The third kappa shape index (κ3) is 3.36. The molecule has 8 aromatic rings. The van der Waals surface area contributed by atoms with Gasteiger partial charge in [-0.2, -0.15) is 0 Å². The molecule has 0 saturated heterocycles. The number of hydrogen-bond donors (Lipinski definition) is 0. The zero-order valence-electron chi connectivity index (χ0n) is 22.5. The summed E-state index contributed by atoms with van der Waals surface area (Å²) in [7, 11) is 0. The van der Waals surface area contributed by atoms with Gasteiger partial charge in [0, 0.05) is 16.3 Å². The first kappa shape index (κ1) is 22.7. The van der Waals surface area contributed by atoms with E-state index >= 15 is 0 Å². The smallest absolute Gasteiger partial charge is 0.143 e. The summed E-state index contributed by atoms with van der Waals surface area (Å²) in [4.78, 5) is 0. The molecule has 0 atom stereocenters. The van der Waals surface area contributed by atoms with Gasteiger partial charge in [-0.25, -0.2) is 0 Å². The van der Waals surface area contributed by atoms with Gasteiger partial charge in [0.1, 0.15) is 11.2 Å². The normalized spacial score (nSPS) is 13.1. The summed E-state index contributed by atoms with van der Waals surface area (Å²) in [6, 6.07) is 44.4. The summed E-state index contributed by atoms with van der Waals surface area (Å²) < 4.78 is 6.51. The molecule has 41 heavy (non-hydrogen) atoms. The van der Waals surface area contributed by atoms with Crippen LogP contribution in [0.25, 0.3) is 82.6 Å². The molecule has 0 fully saturated rings. The highest BCUT2D eigenvalue weighted by molar-refractivity contribution is 6.26. The molecule has 1 aliphatic carbocycles. The van der Waals surface area contributed by atoms with Crippen LogP contribution < -0.4 is 0 Å². The number of benzene rings is 7. The van der Waals surface area contributed by atoms with Crippen LogP contribution in [0.3, 0.4) is 0 Å². The van der Waals surface area contributed by atoms with E-state index in [0.717, 1.165) is 40.3 Å². The second kappa shape index (κ2) is 8.68. The molecule has 192 valence electrons. The van der Waals surface area contributed by atoms with Crippen LogP contribution in [0.2, 0.25) is 0 Å². The Morgan fingerprint density at radius 3 is 2.02 bits per heavy atom. The maximum atomic E-state index is 6.51. The summed E-state index contributed by atoms with van der Waals surface area (Å²) in [5.41, 5.74) is 9.52. The van der Waals surface area contributed by atoms with E-state index in [2.05, 4.69) is 127 Å². The lowest BCUT2D eigenvalue weighted by Gasteiger charge is -2.17. The van der Waals surface area contributed by atoms with Crippen molar-refractivity contribution < 1.29 is 4.42 Å². The van der Waals surface area contributed by atoms with Crippen LogP contribution in [-0.2, 0) is 6.42 Å². The van der Waals surface area contributed by atoms with Crippen LogP contribution in [0.4, 0.5) is 0 Å². The topological polar surface area (TPSA) is 13.1 Å². The number of fused-ring (bicyclic) bond motifs is 9. The number of furan rings is 1. The molecule has 1 heterocycles. The number of rotatable bonds is 2. The Bertz CT molecular complexity index is 2370. The first-order valence-corrected chi connectivity index (χ1v) is 14.4. The van der Waals surface area contributed by atoms with E-state index in [-0.39, 0.29) is 0 Å². The Morgan fingerprint density at radius 2 is 1.20 bits per heavy atom. The van der Waals surface area contributed by atoms with E-state index in [4.69, 9.17) is 4.42 Å². The molecule has 7 aromatic carbocycles. The Balaban J connectivity index is 1.39. The van der Waals surface area contributed by atoms with E-state index in [9.17, 15) is 0 Å². The average Bonchev–Trinajstić information content (AvgIpc) is 3.43. The lowest BCUT2D eigenvalue weighted by molar-refractivity contribution is 0.670. The Morgan fingerprint density at radius 1 is 0.512 bits per heavy atom. The van der Waals surface area contributed by atoms with Crippen molar-refractivity contribution in [2.75, 3.05) is 0 Å². The minimum atomic E-state index is 0.926. The fourth-order valence-corrected chi connectivity index (χ4v) is 7.00. The van der Waals surface area contributed by atoms with Crippen LogP contribution in [0.15, 0.2) is 132 Å². The standard InChI is InChI=1S/C40H26O/c1-2-11-26-22-27(21-20-25(26)10-1)36-23-28-24-37(35-18-9-17-34-31-14-7-8-19-38(31)41-40(34)35)30-13-4-6-16-33(30)39(28)32-15-5-3-12-29(32)36/h2-9,11-24H,1,10H2. The van der Waals surface area contributed by atoms with E-state index < -0.39 is 0 Å². The van der Waals surface area contributed by atoms with Crippen molar-refractivity contribution in [2.45, 2.75) is 12.8 Å². The molecular weight excluding hydrogens is 496 g/mol. The van der Waals surface area contributed by atoms with Crippen molar-refractivity contribution in [2.24, 2.45) is 0 Å². The van der Waals surface area contributed by atoms with Gasteiger partial charge in [0.15, 0.2) is 0 Å². The predicted octanol–water partition coefficient (Wildman–Crippen LogP) is 11.3. The van der Waals surface area contributed by atoms with E-state index in [0.29, 0.717) is 0 Å². The quantitative estimate of drug-likeness (QED) is 0.206. The van der Waals surface area contributed by atoms with Gasteiger partial charge in [-0.1, -0.05) is 109 Å². The number of para-hydroxylation sites is 2. The molecule has 1 nitrogen and oxygen atoms in total. The molecule has 0 amide bonds. The summed E-state index contributed by atoms with van der Waals surface area (Å²) in [6.45, 7) is 0. The van der Waals surface area contributed by atoms with Gasteiger partial charge in [-0.05, 0) is 97.2 Å². The van der Waals surface area contributed by atoms with Crippen molar-refractivity contribution in [1.82, 2.24) is 0 Å². The SMILES string of the molecule is C1=Cc2cc(-c3cc4cc(-c5cccc6c5oc5ccccc56)c5ccccc5c4c4ccccc34)ccc2CC1. The van der Waals surface area contributed by atoms with Crippen molar-refractivity contribution >= 4 is 60.3 Å².